The molecule has 0 spiro atoms. The second kappa shape index (κ2) is 19.3. The van der Waals surface area contributed by atoms with E-state index in [2.05, 4.69) is 26.8 Å². The summed E-state index contributed by atoms with van der Waals surface area (Å²) in [5, 5.41) is 8.25. The van der Waals surface area contributed by atoms with Gasteiger partial charge in [0.05, 0.1) is 24.8 Å². The van der Waals surface area contributed by atoms with Crippen molar-refractivity contribution in [2.75, 3.05) is 38.6 Å². The predicted molar refractivity (Wildman–Crippen MR) is 191 cm³/mol. The number of unbranched alkanes of at least 4 members (excludes halogenated alkanes) is 1. The fraction of sp³-hybridized carbons (Fsp3) is 0.647. The van der Waals surface area contributed by atoms with E-state index >= 15 is 0 Å². The number of carbonyl (C=O) groups excluding carboxylic acids is 6. The van der Waals surface area contributed by atoms with Crippen LogP contribution in [-0.4, -0.2) is 115 Å². The topological polar surface area (TPSA) is 256 Å². The monoisotopic (exact) mass is 716 g/mol. The molecule has 2 fully saturated rings. The van der Waals surface area contributed by atoms with E-state index in [4.69, 9.17) is 21.9 Å². The maximum absolute atomic E-state index is 13.8. The number of likely N-dealkylation sites (tertiary alicyclic amines) is 2. The smallest absolute Gasteiger partial charge is 0.273 e. The van der Waals surface area contributed by atoms with Crippen LogP contribution in [0.2, 0.25) is 0 Å². The highest BCUT2D eigenvalue weighted by Crippen LogP contribution is 2.27. The number of benzene rings is 1. The summed E-state index contributed by atoms with van der Waals surface area (Å²) in [4.78, 5) is 81.5. The van der Waals surface area contributed by atoms with Gasteiger partial charge in [0.25, 0.3) is 11.8 Å². The Balaban J connectivity index is 1.71. The van der Waals surface area contributed by atoms with Crippen LogP contribution in [0.25, 0.3) is 0 Å². The van der Waals surface area contributed by atoms with Crippen LogP contribution in [0.4, 0.5) is 5.69 Å². The van der Waals surface area contributed by atoms with E-state index in [0.717, 1.165) is 0 Å². The first-order chi connectivity index (χ1) is 24.2. The molecule has 0 unspecified atom stereocenters. The first-order valence-corrected chi connectivity index (χ1v) is 17.6. The molecule has 0 radical (unpaired) electrons. The van der Waals surface area contributed by atoms with E-state index in [-0.39, 0.29) is 60.0 Å². The lowest BCUT2D eigenvalue weighted by atomic mass is 9.95. The SMILES string of the molecule is COc1ccc(NC(C)=O)cc1C(=O)NNC(=O)[C@H](CCCCN)NC(=O)[C@@H]1CCCN1[C@@H]1CN(C(=O)[C@@H](NC(=O)[C@H](C)N)C(C)C)CC[C@H]1N. The van der Waals surface area contributed by atoms with E-state index in [1.807, 2.05) is 18.7 Å². The van der Waals surface area contributed by atoms with Crippen LogP contribution in [0, 0.1) is 5.92 Å². The molecule has 6 atom stereocenters. The lowest BCUT2D eigenvalue weighted by Crippen LogP contribution is -2.64. The number of hydrogen-bond acceptors (Lipinski definition) is 11. The summed E-state index contributed by atoms with van der Waals surface area (Å²) in [6.07, 6.45) is 3.19. The highest BCUT2D eigenvalue weighted by molar-refractivity contribution is 6.00. The van der Waals surface area contributed by atoms with Gasteiger partial charge in [0, 0.05) is 37.8 Å². The van der Waals surface area contributed by atoms with E-state index in [1.54, 1.807) is 17.9 Å². The molecule has 2 saturated heterocycles. The molecule has 0 saturated carbocycles. The number of ether oxygens (including phenoxy) is 1. The van der Waals surface area contributed by atoms with Gasteiger partial charge in [0.15, 0.2) is 0 Å². The molecule has 3 rings (SSSR count). The molecule has 2 aliphatic heterocycles. The summed E-state index contributed by atoms with van der Waals surface area (Å²) in [7, 11) is 1.39. The Morgan fingerprint density at radius 2 is 1.71 bits per heavy atom. The van der Waals surface area contributed by atoms with Crippen LogP contribution in [0.1, 0.15) is 76.6 Å². The van der Waals surface area contributed by atoms with Gasteiger partial charge in [-0.25, -0.2) is 0 Å². The molecule has 6 amide bonds. The van der Waals surface area contributed by atoms with Gasteiger partial charge in [-0.1, -0.05) is 13.8 Å². The van der Waals surface area contributed by atoms with E-state index in [0.29, 0.717) is 57.4 Å². The summed E-state index contributed by atoms with van der Waals surface area (Å²) in [5.41, 5.74) is 23.2. The molecule has 0 bridgehead atoms. The molecule has 11 N–H and O–H groups in total. The number of nitrogens with one attached hydrogen (secondary N) is 5. The zero-order valence-corrected chi connectivity index (χ0v) is 30.3. The van der Waals surface area contributed by atoms with Crippen molar-refractivity contribution < 1.29 is 33.5 Å². The maximum atomic E-state index is 13.8. The molecule has 284 valence electrons. The molecule has 17 nitrogen and oxygen atoms in total. The highest BCUT2D eigenvalue weighted by Gasteiger charge is 2.43. The molecule has 17 heteroatoms. The normalized spacial score (nSPS) is 20.9. The lowest BCUT2D eigenvalue weighted by molar-refractivity contribution is -0.140. The van der Waals surface area contributed by atoms with Gasteiger partial charge in [0.2, 0.25) is 23.6 Å². The number of amides is 6. The molecule has 51 heavy (non-hydrogen) atoms. The molecular weight excluding hydrogens is 660 g/mol. The number of nitrogens with zero attached hydrogens (tertiary/aromatic N) is 2. The number of carbonyl (C=O) groups is 6. The van der Waals surface area contributed by atoms with Gasteiger partial charge in [-0.2, -0.15) is 0 Å². The standard InChI is InChI=1S/C34H56N10O7/c1-19(2)29(40-30(46)20(3)36)34(50)43-16-13-24(37)27(18-43)44-15-8-10-26(44)33(49)39-25(9-6-7-14-35)32(48)42-41-31(47)23-17-22(38-21(4)45)11-12-28(23)51-5/h11-12,17,19-20,24-27,29H,6-10,13-16,18,35-37H2,1-5H3,(H,38,45)(H,39,49)(H,40,46)(H,41,47)(H,42,48)/t20-,24+,25-,26-,27+,29-/m0/s1. The third kappa shape index (κ3) is 11.3. The van der Waals surface area contributed by atoms with Crippen molar-refractivity contribution in [1.29, 1.82) is 0 Å². The fourth-order valence-electron chi connectivity index (χ4n) is 6.43. The number of piperidine rings is 1. The summed E-state index contributed by atoms with van der Waals surface area (Å²) in [6.45, 7) is 8.27. The van der Waals surface area contributed by atoms with Crippen molar-refractivity contribution in [3.05, 3.63) is 23.8 Å². The van der Waals surface area contributed by atoms with Crippen molar-refractivity contribution in [1.82, 2.24) is 31.3 Å². The molecule has 1 aromatic carbocycles. The van der Waals surface area contributed by atoms with E-state index < -0.39 is 41.9 Å². The quantitative estimate of drug-likeness (QED) is 0.0799. The second-order valence-corrected chi connectivity index (χ2v) is 13.6. The predicted octanol–water partition coefficient (Wildman–Crippen LogP) is -1.09. The van der Waals surface area contributed by atoms with Crippen molar-refractivity contribution in [2.24, 2.45) is 23.1 Å². The first kappa shape index (κ1) is 41.1. The number of methoxy groups -OCH3 is 1. The molecular formula is C34H56N10O7. The minimum Gasteiger partial charge on any atom is -0.496 e. The van der Waals surface area contributed by atoms with Gasteiger partial charge in [-0.3, -0.25) is 44.5 Å². The Morgan fingerprint density at radius 3 is 2.33 bits per heavy atom. The number of rotatable bonds is 15. The summed E-state index contributed by atoms with van der Waals surface area (Å²) >= 11 is 0. The van der Waals surface area contributed by atoms with E-state index in [9.17, 15) is 28.8 Å². The van der Waals surface area contributed by atoms with Gasteiger partial charge < -0.3 is 42.8 Å². The van der Waals surface area contributed by atoms with Gasteiger partial charge in [-0.05, 0) is 82.7 Å². The first-order valence-electron chi connectivity index (χ1n) is 17.6. The van der Waals surface area contributed by atoms with Gasteiger partial charge >= 0.3 is 0 Å². The van der Waals surface area contributed by atoms with Crippen molar-refractivity contribution >= 4 is 41.1 Å². The summed E-state index contributed by atoms with van der Waals surface area (Å²) in [5.74, 6) is -2.60. The van der Waals surface area contributed by atoms with Crippen LogP contribution >= 0.6 is 0 Å². The number of anilines is 1. The third-order valence-corrected chi connectivity index (χ3v) is 9.26. The number of hydrogen-bond donors (Lipinski definition) is 8. The van der Waals surface area contributed by atoms with Gasteiger partial charge in [0.1, 0.15) is 17.8 Å². The Morgan fingerprint density at radius 1 is 0.980 bits per heavy atom. The minimum absolute atomic E-state index is 0.0711. The number of nitrogens with two attached hydrogens (primary N) is 3. The van der Waals surface area contributed by atoms with Crippen LogP contribution in [0.15, 0.2) is 18.2 Å². The zero-order chi connectivity index (χ0) is 37.8. The van der Waals surface area contributed by atoms with Crippen molar-refractivity contribution in [3.63, 3.8) is 0 Å². The molecule has 0 aliphatic carbocycles. The Bertz CT molecular complexity index is 1410. The van der Waals surface area contributed by atoms with Crippen LogP contribution in [0.5, 0.6) is 5.75 Å². The average molecular weight is 717 g/mol. The number of hydrazine groups is 1. The largest absolute Gasteiger partial charge is 0.496 e. The van der Waals surface area contributed by atoms with E-state index in [1.165, 1.54) is 26.2 Å². The second-order valence-electron chi connectivity index (χ2n) is 13.6. The summed E-state index contributed by atoms with van der Waals surface area (Å²) < 4.78 is 5.28. The van der Waals surface area contributed by atoms with Crippen molar-refractivity contribution in [2.45, 2.75) is 102 Å². The minimum atomic E-state index is -0.988. The molecule has 0 aromatic heterocycles. The maximum Gasteiger partial charge on any atom is 0.273 e. The Kier molecular flexibility index (Phi) is 15.6. The Labute approximate surface area is 299 Å². The lowest BCUT2D eigenvalue weighted by Gasteiger charge is -2.44. The fourth-order valence-corrected chi connectivity index (χ4v) is 6.43. The third-order valence-electron chi connectivity index (χ3n) is 9.26. The Hall–Kier alpha value is -4.32. The molecule has 2 aliphatic rings. The van der Waals surface area contributed by atoms with Gasteiger partial charge in [-0.15, -0.1) is 0 Å². The molecule has 2 heterocycles. The van der Waals surface area contributed by atoms with Crippen LogP contribution in [-0.2, 0) is 24.0 Å². The van der Waals surface area contributed by atoms with Crippen LogP contribution in [0.3, 0.4) is 0 Å². The highest BCUT2D eigenvalue weighted by atomic mass is 16.5. The van der Waals surface area contributed by atoms with Crippen molar-refractivity contribution in [3.8, 4) is 5.75 Å². The summed E-state index contributed by atoms with van der Waals surface area (Å²) in [6, 6.07) is 0.761. The average Bonchev–Trinajstić information content (AvgIpc) is 3.58. The zero-order valence-electron chi connectivity index (χ0n) is 30.3. The molecule has 1 aromatic rings. The van der Waals surface area contributed by atoms with Crippen LogP contribution < -0.4 is 48.7 Å².